The molecule has 0 spiro atoms. The van der Waals surface area contributed by atoms with Gasteiger partial charge in [0, 0.05) is 6.54 Å². The lowest BCUT2D eigenvalue weighted by molar-refractivity contribution is -0.190. The van der Waals surface area contributed by atoms with Crippen LogP contribution in [0.3, 0.4) is 0 Å². The van der Waals surface area contributed by atoms with E-state index in [-0.39, 0.29) is 11.4 Å². The van der Waals surface area contributed by atoms with Crippen molar-refractivity contribution in [2.75, 3.05) is 6.54 Å². The molecule has 0 radical (unpaired) electrons. The highest BCUT2D eigenvalue weighted by atomic mass is 19.4. The second-order valence-corrected chi connectivity index (χ2v) is 3.27. The third-order valence-corrected chi connectivity index (χ3v) is 2.21. The normalized spacial score (nSPS) is 25.7. The number of carbonyl (C=O) groups is 2. The Hall–Kier alpha value is -1.53. The van der Waals surface area contributed by atoms with Crippen LogP contribution in [0.25, 0.3) is 0 Å². The number of carboxylic acid groups (broad SMARTS) is 1. The van der Waals surface area contributed by atoms with Crippen LogP contribution < -0.4 is 0 Å². The van der Waals surface area contributed by atoms with E-state index in [1.165, 1.54) is 6.08 Å². The molecule has 7 heteroatoms. The summed E-state index contributed by atoms with van der Waals surface area (Å²) in [6, 6.07) is 0. The lowest BCUT2D eigenvalue weighted by Crippen LogP contribution is -2.54. The van der Waals surface area contributed by atoms with E-state index >= 15 is 0 Å². The van der Waals surface area contributed by atoms with Gasteiger partial charge in [-0.3, -0.25) is 4.79 Å². The van der Waals surface area contributed by atoms with Crippen LogP contribution >= 0.6 is 0 Å². The number of aliphatic carboxylic acids is 1. The van der Waals surface area contributed by atoms with Crippen LogP contribution in [0, 0.1) is 0 Å². The fourth-order valence-corrected chi connectivity index (χ4v) is 1.30. The summed E-state index contributed by atoms with van der Waals surface area (Å²) in [6.07, 6.45) is -2.76. The number of carboxylic acids is 1. The maximum atomic E-state index is 12.1. The summed E-state index contributed by atoms with van der Waals surface area (Å²) in [5, 5.41) is 8.75. The molecule has 4 nitrogen and oxygen atoms in total. The zero-order valence-electron chi connectivity index (χ0n) is 7.71. The minimum Gasteiger partial charge on any atom is -0.479 e. The molecule has 0 aliphatic carbocycles. The highest BCUT2D eigenvalue weighted by Gasteiger charge is 2.51. The number of hydrogen-bond acceptors (Lipinski definition) is 2. The first-order valence-corrected chi connectivity index (χ1v) is 3.99. The SMILES string of the molecule is CC1(C(=O)O)C=CCN1C(=O)C(F)(F)F. The second-order valence-electron chi connectivity index (χ2n) is 3.27. The number of amides is 1. The first-order chi connectivity index (χ1) is 6.69. The molecule has 1 unspecified atom stereocenters. The molecule has 15 heavy (non-hydrogen) atoms. The lowest BCUT2D eigenvalue weighted by atomic mass is 10.0. The van der Waals surface area contributed by atoms with Gasteiger partial charge in [0.2, 0.25) is 0 Å². The van der Waals surface area contributed by atoms with Gasteiger partial charge in [0.05, 0.1) is 0 Å². The van der Waals surface area contributed by atoms with Crippen LogP contribution in [0.2, 0.25) is 0 Å². The molecule has 1 aliphatic heterocycles. The number of carbonyl (C=O) groups excluding carboxylic acids is 1. The summed E-state index contributed by atoms with van der Waals surface area (Å²) in [6.45, 7) is 0.698. The number of halogens is 3. The Morgan fingerprint density at radius 1 is 1.47 bits per heavy atom. The molecule has 0 aromatic heterocycles. The molecule has 1 aliphatic rings. The van der Waals surface area contributed by atoms with Gasteiger partial charge in [0.25, 0.3) is 0 Å². The minimum absolute atomic E-state index is 0.273. The Balaban J connectivity index is 3.00. The molecule has 0 aromatic rings. The van der Waals surface area contributed by atoms with Gasteiger partial charge in [-0.05, 0) is 6.92 Å². The average molecular weight is 223 g/mol. The summed E-state index contributed by atoms with van der Waals surface area (Å²) < 4.78 is 36.3. The Bertz CT molecular complexity index is 337. The molecule has 1 heterocycles. The summed E-state index contributed by atoms with van der Waals surface area (Å²) in [5.41, 5.74) is -1.91. The molecule has 84 valence electrons. The summed E-state index contributed by atoms with van der Waals surface area (Å²) in [4.78, 5) is 21.9. The average Bonchev–Trinajstić information content (AvgIpc) is 2.45. The van der Waals surface area contributed by atoms with Gasteiger partial charge < -0.3 is 10.0 Å². The third-order valence-electron chi connectivity index (χ3n) is 2.21. The van der Waals surface area contributed by atoms with Crippen molar-refractivity contribution in [3.05, 3.63) is 12.2 Å². The highest BCUT2D eigenvalue weighted by Crippen LogP contribution is 2.29. The van der Waals surface area contributed by atoms with Crippen molar-refractivity contribution in [1.29, 1.82) is 0 Å². The Morgan fingerprint density at radius 2 is 2.00 bits per heavy atom. The van der Waals surface area contributed by atoms with Crippen LogP contribution in [-0.2, 0) is 9.59 Å². The van der Waals surface area contributed by atoms with Gasteiger partial charge in [0.1, 0.15) is 0 Å². The van der Waals surface area contributed by atoms with Crippen LogP contribution in [0.1, 0.15) is 6.92 Å². The standard InChI is InChI=1S/C8H8F3NO3/c1-7(6(14)15)3-2-4-12(7)5(13)8(9,10)11/h2-3H,4H2,1H3,(H,14,15). The predicted molar refractivity (Wildman–Crippen MR) is 42.9 cm³/mol. The number of nitrogens with zero attached hydrogens (tertiary/aromatic N) is 1. The van der Waals surface area contributed by atoms with Crippen LogP contribution in [0.15, 0.2) is 12.2 Å². The first-order valence-electron chi connectivity index (χ1n) is 3.99. The Morgan fingerprint density at radius 3 is 2.40 bits per heavy atom. The Labute approximate surface area is 83.0 Å². The molecule has 0 bridgehead atoms. The highest BCUT2D eigenvalue weighted by molar-refractivity contribution is 5.92. The van der Waals surface area contributed by atoms with Crippen LogP contribution in [-0.4, -0.2) is 40.1 Å². The second kappa shape index (κ2) is 3.25. The van der Waals surface area contributed by atoms with E-state index in [4.69, 9.17) is 5.11 Å². The van der Waals surface area contributed by atoms with E-state index in [0.29, 0.717) is 0 Å². The quantitative estimate of drug-likeness (QED) is 0.668. The van der Waals surface area contributed by atoms with Crippen molar-refractivity contribution >= 4 is 11.9 Å². The largest absolute Gasteiger partial charge is 0.479 e. The van der Waals surface area contributed by atoms with Crippen molar-refractivity contribution < 1.29 is 27.9 Å². The molecule has 1 N–H and O–H groups in total. The van der Waals surface area contributed by atoms with Gasteiger partial charge in [-0.25, -0.2) is 4.79 Å². The molecule has 0 saturated carbocycles. The maximum Gasteiger partial charge on any atom is 0.471 e. The summed E-state index contributed by atoms with van der Waals surface area (Å²) in [5.74, 6) is -3.63. The third kappa shape index (κ3) is 1.81. The van der Waals surface area contributed by atoms with Gasteiger partial charge in [-0.1, -0.05) is 12.2 Å². The van der Waals surface area contributed by atoms with E-state index in [2.05, 4.69) is 0 Å². The monoisotopic (exact) mass is 223 g/mol. The fraction of sp³-hybridized carbons (Fsp3) is 0.500. The van der Waals surface area contributed by atoms with E-state index in [0.717, 1.165) is 13.0 Å². The van der Waals surface area contributed by atoms with Gasteiger partial charge in [-0.15, -0.1) is 0 Å². The van der Waals surface area contributed by atoms with Crippen molar-refractivity contribution in [2.24, 2.45) is 0 Å². The zero-order valence-corrected chi connectivity index (χ0v) is 7.71. The minimum atomic E-state index is -5.05. The van der Waals surface area contributed by atoms with Crippen molar-refractivity contribution in [2.45, 2.75) is 18.6 Å². The molecule has 1 rings (SSSR count). The van der Waals surface area contributed by atoms with Crippen molar-refractivity contribution in [3.8, 4) is 0 Å². The van der Waals surface area contributed by atoms with E-state index in [1.54, 1.807) is 0 Å². The van der Waals surface area contributed by atoms with E-state index in [9.17, 15) is 22.8 Å². The molecule has 1 amide bonds. The molecular formula is C8H8F3NO3. The van der Waals surface area contributed by atoms with E-state index in [1.807, 2.05) is 0 Å². The summed E-state index contributed by atoms with van der Waals surface area (Å²) in [7, 11) is 0. The summed E-state index contributed by atoms with van der Waals surface area (Å²) >= 11 is 0. The number of hydrogen-bond donors (Lipinski definition) is 1. The lowest BCUT2D eigenvalue weighted by Gasteiger charge is -2.31. The smallest absolute Gasteiger partial charge is 0.471 e. The van der Waals surface area contributed by atoms with E-state index < -0.39 is 23.6 Å². The predicted octanol–water partition coefficient (Wildman–Crippen LogP) is 0.790. The fourth-order valence-electron chi connectivity index (χ4n) is 1.30. The number of rotatable bonds is 1. The molecule has 0 aromatic carbocycles. The maximum absolute atomic E-state index is 12.1. The molecular weight excluding hydrogens is 215 g/mol. The Kier molecular flexibility index (Phi) is 2.50. The van der Waals surface area contributed by atoms with Gasteiger partial charge >= 0.3 is 18.1 Å². The van der Waals surface area contributed by atoms with Crippen LogP contribution in [0.5, 0.6) is 0 Å². The molecule has 1 atom stereocenters. The molecule has 0 fully saturated rings. The van der Waals surface area contributed by atoms with Gasteiger partial charge in [0.15, 0.2) is 5.54 Å². The topological polar surface area (TPSA) is 57.6 Å². The van der Waals surface area contributed by atoms with Crippen LogP contribution in [0.4, 0.5) is 13.2 Å². The first kappa shape index (κ1) is 11.5. The zero-order chi connectivity index (χ0) is 11.9. The van der Waals surface area contributed by atoms with Crippen molar-refractivity contribution in [1.82, 2.24) is 4.90 Å². The van der Waals surface area contributed by atoms with Gasteiger partial charge in [-0.2, -0.15) is 13.2 Å². The number of alkyl halides is 3. The van der Waals surface area contributed by atoms with Crippen molar-refractivity contribution in [3.63, 3.8) is 0 Å². The molecule has 0 saturated heterocycles.